The van der Waals surface area contributed by atoms with Gasteiger partial charge >= 0.3 is 5.97 Å². The molecule has 20 heavy (non-hydrogen) atoms. The standard InChI is InChI=1S/C15H20N2O3/c1-10-7-13-11(3-4-16)9-17(5-2-6-18)14(13)8-12(10)15(19)20/h7-9,18H,2-6,16H2,1H3,(H,19,20). The van der Waals surface area contributed by atoms with Crippen molar-refractivity contribution < 1.29 is 15.0 Å². The number of hydrogen-bond donors (Lipinski definition) is 3. The van der Waals surface area contributed by atoms with Gasteiger partial charge in [-0.15, -0.1) is 0 Å². The lowest BCUT2D eigenvalue weighted by Crippen LogP contribution is -2.02. The summed E-state index contributed by atoms with van der Waals surface area (Å²) in [7, 11) is 0. The van der Waals surface area contributed by atoms with Crippen molar-refractivity contribution in [2.75, 3.05) is 13.2 Å². The second-order valence-corrected chi connectivity index (χ2v) is 4.95. The number of rotatable bonds is 6. The van der Waals surface area contributed by atoms with Crippen LogP contribution in [-0.2, 0) is 13.0 Å². The van der Waals surface area contributed by atoms with E-state index in [9.17, 15) is 9.90 Å². The molecular formula is C15H20N2O3. The molecule has 1 heterocycles. The molecule has 5 nitrogen and oxygen atoms in total. The Morgan fingerprint density at radius 3 is 2.75 bits per heavy atom. The van der Waals surface area contributed by atoms with Gasteiger partial charge in [-0.1, -0.05) is 0 Å². The molecule has 0 bridgehead atoms. The molecule has 0 fully saturated rings. The summed E-state index contributed by atoms with van der Waals surface area (Å²) in [5.41, 5.74) is 8.73. The first-order valence-corrected chi connectivity index (χ1v) is 6.75. The van der Waals surface area contributed by atoms with Gasteiger partial charge in [0, 0.05) is 30.3 Å². The normalized spacial score (nSPS) is 11.2. The van der Waals surface area contributed by atoms with E-state index in [0.717, 1.165) is 28.5 Å². The van der Waals surface area contributed by atoms with Gasteiger partial charge in [0.15, 0.2) is 0 Å². The summed E-state index contributed by atoms with van der Waals surface area (Å²) in [5.74, 6) is -0.917. The molecule has 1 aromatic carbocycles. The molecular weight excluding hydrogens is 256 g/mol. The first-order chi connectivity index (χ1) is 9.58. The summed E-state index contributed by atoms with van der Waals surface area (Å²) in [6.07, 6.45) is 3.41. The Labute approximate surface area is 117 Å². The highest BCUT2D eigenvalue weighted by atomic mass is 16.4. The Balaban J connectivity index is 2.60. The van der Waals surface area contributed by atoms with Crippen LogP contribution >= 0.6 is 0 Å². The van der Waals surface area contributed by atoms with Gasteiger partial charge in [-0.2, -0.15) is 0 Å². The van der Waals surface area contributed by atoms with E-state index in [0.29, 0.717) is 25.1 Å². The quantitative estimate of drug-likeness (QED) is 0.746. The lowest BCUT2D eigenvalue weighted by Gasteiger charge is -2.06. The van der Waals surface area contributed by atoms with Crippen LogP contribution in [0.1, 0.15) is 27.9 Å². The molecule has 5 heteroatoms. The van der Waals surface area contributed by atoms with E-state index < -0.39 is 5.97 Å². The molecule has 0 aliphatic carbocycles. The summed E-state index contributed by atoms with van der Waals surface area (Å²) in [6, 6.07) is 3.63. The van der Waals surface area contributed by atoms with E-state index in [1.165, 1.54) is 0 Å². The molecule has 0 aliphatic rings. The fraction of sp³-hybridized carbons (Fsp3) is 0.400. The zero-order valence-corrected chi connectivity index (χ0v) is 11.6. The minimum atomic E-state index is -0.917. The summed E-state index contributed by atoms with van der Waals surface area (Å²) in [4.78, 5) is 11.3. The second-order valence-electron chi connectivity index (χ2n) is 4.95. The largest absolute Gasteiger partial charge is 0.478 e. The van der Waals surface area contributed by atoms with Gasteiger partial charge in [-0.05, 0) is 49.6 Å². The number of carboxylic acid groups (broad SMARTS) is 1. The minimum Gasteiger partial charge on any atom is -0.478 e. The number of nitrogens with zero attached hydrogens (tertiary/aromatic N) is 1. The molecule has 0 spiro atoms. The molecule has 0 amide bonds. The highest BCUT2D eigenvalue weighted by molar-refractivity contribution is 5.96. The molecule has 0 saturated carbocycles. The second kappa shape index (κ2) is 6.07. The van der Waals surface area contributed by atoms with E-state index in [1.54, 1.807) is 13.0 Å². The van der Waals surface area contributed by atoms with Gasteiger partial charge in [0.05, 0.1) is 5.56 Å². The van der Waals surface area contributed by atoms with E-state index in [-0.39, 0.29) is 6.61 Å². The van der Waals surface area contributed by atoms with Crippen LogP contribution in [-0.4, -0.2) is 33.9 Å². The van der Waals surface area contributed by atoms with Crippen LogP contribution in [0.4, 0.5) is 0 Å². The third-order valence-corrected chi connectivity index (χ3v) is 3.51. The maximum absolute atomic E-state index is 11.3. The number of nitrogens with two attached hydrogens (primary N) is 1. The van der Waals surface area contributed by atoms with E-state index >= 15 is 0 Å². The number of benzene rings is 1. The van der Waals surface area contributed by atoms with Crippen LogP contribution in [0.15, 0.2) is 18.3 Å². The molecule has 0 unspecified atom stereocenters. The van der Waals surface area contributed by atoms with Crippen molar-refractivity contribution in [1.82, 2.24) is 4.57 Å². The molecule has 4 N–H and O–H groups in total. The highest BCUT2D eigenvalue weighted by Crippen LogP contribution is 2.26. The summed E-state index contributed by atoms with van der Waals surface area (Å²) in [5, 5.41) is 19.3. The number of aromatic carboxylic acids is 1. The zero-order valence-electron chi connectivity index (χ0n) is 11.6. The van der Waals surface area contributed by atoms with Gasteiger partial charge in [-0.25, -0.2) is 4.79 Å². The van der Waals surface area contributed by atoms with Gasteiger partial charge in [0.2, 0.25) is 0 Å². The monoisotopic (exact) mass is 276 g/mol. The average molecular weight is 276 g/mol. The number of fused-ring (bicyclic) bond motifs is 1. The summed E-state index contributed by atoms with van der Waals surface area (Å²) < 4.78 is 2.00. The van der Waals surface area contributed by atoms with Crippen molar-refractivity contribution in [2.24, 2.45) is 5.73 Å². The third kappa shape index (κ3) is 2.69. The lowest BCUT2D eigenvalue weighted by atomic mass is 10.0. The highest BCUT2D eigenvalue weighted by Gasteiger charge is 2.14. The summed E-state index contributed by atoms with van der Waals surface area (Å²) >= 11 is 0. The number of aliphatic hydroxyl groups is 1. The van der Waals surface area contributed by atoms with Crippen LogP contribution < -0.4 is 5.73 Å². The predicted octanol–water partition coefficient (Wildman–Crippen LogP) is 1.53. The van der Waals surface area contributed by atoms with Crippen molar-refractivity contribution in [3.05, 3.63) is 35.0 Å². The van der Waals surface area contributed by atoms with Crippen LogP contribution in [0, 0.1) is 6.92 Å². The average Bonchev–Trinajstić information content (AvgIpc) is 2.73. The fourth-order valence-corrected chi connectivity index (χ4v) is 2.53. The van der Waals surface area contributed by atoms with Crippen molar-refractivity contribution in [2.45, 2.75) is 26.3 Å². The first kappa shape index (κ1) is 14.6. The van der Waals surface area contributed by atoms with E-state index in [1.807, 2.05) is 16.8 Å². The molecule has 2 aromatic rings. The number of aromatic nitrogens is 1. The number of aliphatic hydroxyl groups excluding tert-OH is 1. The smallest absolute Gasteiger partial charge is 0.336 e. The first-order valence-electron chi connectivity index (χ1n) is 6.75. The van der Waals surface area contributed by atoms with Gasteiger partial charge in [0.25, 0.3) is 0 Å². The van der Waals surface area contributed by atoms with Crippen molar-refractivity contribution >= 4 is 16.9 Å². The Morgan fingerprint density at radius 1 is 1.40 bits per heavy atom. The Morgan fingerprint density at radius 2 is 2.15 bits per heavy atom. The van der Waals surface area contributed by atoms with Crippen LogP contribution in [0.2, 0.25) is 0 Å². The third-order valence-electron chi connectivity index (χ3n) is 3.51. The molecule has 2 rings (SSSR count). The Bertz CT molecular complexity index is 632. The van der Waals surface area contributed by atoms with Crippen molar-refractivity contribution in [3.8, 4) is 0 Å². The van der Waals surface area contributed by atoms with Crippen LogP contribution in [0.3, 0.4) is 0 Å². The van der Waals surface area contributed by atoms with Gasteiger partial charge in [0.1, 0.15) is 0 Å². The number of carbonyl (C=O) groups is 1. The number of carboxylic acids is 1. The molecule has 0 atom stereocenters. The van der Waals surface area contributed by atoms with E-state index in [2.05, 4.69) is 0 Å². The van der Waals surface area contributed by atoms with Crippen LogP contribution in [0.5, 0.6) is 0 Å². The Kier molecular flexibility index (Phi) is 4.42. The molecule has 1 aromatic heterocycles. The number of hydrogen-bond acceptors (Lipinski definition) is 3. The maximum atomic E-state index is 11.3. The number of aryl methyl sites for hydroxylation is 2. The molecule has 0 aliphatic heterocycles. The van der Waals surface area contributed by atoms with Gasteiger partial charge in [-0.3, -0.25) is 0 Å². The maximum Gasteiger partial charge on any atom is 0.336 e. The predicted molar refractivity (Wildman–Crippen MR) is 78.1 cm³/mol. The fourth-order valence-electron chi connectivity index (χ4n) is 2.53. The van der Waals surface area contributed by atoms with Crippen molar-refractivity contribution in [1.29, 1.82) is 0 Å². The molecule has 0 radical (unpaired) electrons. The topological polar surface area (TPSA) is 88.5 Å². The minimum absolute atomic E-state index is 0.115. The van der Waals surface area contributed by atoms with Gasteiger partial charge < -0.3 is 20.5 Å². The Hall–Kier alpha value is -1.85. The lowest BCUT2D eigenvalue weighted by molar-refractivity contribution is 0.0696. The van der Waals surface area contributed by atoms with Crippen molar-refractivity contribution in [3.63, 3.8) is 0 Å². The summed E-state index contributed by atoms with van der Waals surface area (Å²) in [6.45, 7) is 3.14. The molecule has 0 saturated heterocycles. The van der Waals surface area contributed by atoms with Crippen LogP contribution in [0.25, 0.3) is 10.9 Å². The van der Waals surface area contributed by atoms with E-state index in [4.69, 9.17) is 10.8 Å². The molecule has 108 valence electrons. The SMILES string of the molecule is Cc1cc2c(CCN)cn(CCCO)c2cc1C(=O)O. The zero-order chi connectivity index (χ0) is 14.7.